The minimum absolute atomic E-state index is 0.161. The quantitative estimate of drug-likeness (QED) is 0.493. The molecular weight excluding hydrogens is 370 g/mol. The molecule has 0 bridgehead atoms. The molecule has 0 aromatic heterocycles. The molecule has 7 heteroatoms. The predicted molar refractivity (Wildman–Crippen MR) is 109 cm³/mol. The molecule has 0 atom stereocenters. The van der Waals surface area contributed by atoms with E-state index in [4.69, 9.17) is 0 Å². The number of Topliss-reactive ketones (excluding diaryl/α,β-unsaturated/α-hetero) is 2. The normalized spacial score (nSPS) is 12.9. The zero-order valence-corrected chi connectivity index (χ0v) is 16.4. The number of benzene rings is 1. The van der Waals surface area contributed by atoms with Crippen LogP contribution in [0.5, 0.6) is 0 Å². The van der Waals surface area contributed by atoms with E-state index in [1.54, 1.807) is 34.9 Å². The third kappa shape index (κ3) is 2.93. The number of aromatic nitrogens is 3. The first-order valence-corrected chi connectivity index (χ1v) is 9.78. The van der Waals surface area contributed by atoms with Crippen molar-refractivity contribution in [1.82, 2.24) is 14.1 Å². The summed E-state index contributed by atoms with van der Waals surface area (Å²) in [5.41, 5.74) is 0.797. The Labute approximate surface area is 167 Å². The van der Waals surface area contributed by atoms with Gasteiger partial charge in [-0.3, -0.25) is 19.0 Å². The van der Waals surface area contributed by atoms with Crippen LogP contribution in [-0.4, -0.2) is 25.7 Å². The van der Waals surface area contributed by atoms with E-state index in [1.807, 2.05) is 0 Å². The van der Waals surface area contributed by atoms with Gasteiger partial charge in [-0.2, -0.15) is 4.98 Å². The number of pyridine rings is 1. The number of hydrogen-bond donors (Lipinski definition) is 0. The van der Waals surface area contributed by atoms with Crippen molar-refractivity contribution in [2.45, 2.75) is 39.2 Å². The number of fused-ring (bicyclic) bond motifs is 4. The summed E-state index contributed by atoms with van der Waals surface area (Å²) < 4.78 is 2.55. The van der Waals surface area contributed by atoms with Gasteiger partial charge in [0.2, 0.25) is 5.78 Å². The van der Waals surface area contributed by atoms with Crippen LogP contribution >= 0.6 is 0 Å². The van der Waals surface area contributed by atoms with Crippen molar-refractivity contribution in [2.24, 2.45) is 7.05 Å². The molecule has 0 saturated carbocycles. The van der Waals surface area contributed by atoms with E-state index in [-0.39, 0.29) is 17.1 Å². The summed E-state index contributed by atoms with van der Waals surface area (Å²) in [5, 5.41) is 0. The smallest absolute Gasteiger partial charge is 0.322 e. The Morgan fingerprint density at radius 3 is 2.31 bits per heavy atom. The number of ketones is 2. The number of unbranched alkanes of at least 4 members (excludes halogenated alkanes) is 3. The molecule has 29 heavy (non-hydrogen) atoms. The third-order valence-electron chi connectivity index (χ3n) is 5.45. The van der Waals surface area contributed by atoms with Gasteiger partial charge >= 0.3 is 5.69 Å². The van der Waals surface area contributed by atoms with E-state index in [2.05, 4.69) is 11.9 Å². The maximum absolute atomic E-state index is 13.0. The van der Waals surface area contributed by atoms with Crippen molar-refractivity contribution in [2.75, 3.05) is 0 Å². The summed E-state index contributed by atoms with van der Waals surface area (Å²) in [6.45, 7) is 2.50. The van der Waals surface area contributed by atoms with Crippen LogP contribution in [0.1, 0.15) is 53.5 Å². The lowest BCUT2D eigenvalue weighted by Crippen LogP contribution is -2.37. The molecule has 0 unspecified atom stereocenters. The van der Waals surface area contributed by atoms with Crippen LogP contribution in [0.2, 0.25) is 0 Å². The molecule has 1 aliphatic carbocycles. The molecule has 2 heterocycles. The topological polar surface area (TPSA) is 91.0 Å². The highest BCUT2D eigenvalue weighted by atomic mass is 16.2. The second-order valence-electron chi connectivity index (χ2n) is 7.32. The van der Waals surface area contributed by atoms with Gasteiger partial charge in [0.05, 0.1) is 5.56 Å². The summed E-state index contributed by atoms with van der Waals surface area (Å²) in [6.07, 6.45) is 3.76. The zero-order valence-electron chi connectivity index (χ0n) is 16.4. The Morgan fingerprint density at radius 1 is 0.862 bits per heavy atom. The number of nitrogens with zero attached hydrogens (tertiary/aromatic N) is 3. The molecule has 7 nitrogen and oxygen atoms in total. The van der Waals surface area contributed by atoms with Gasteiger partial charge in [-0.15, -0.1) is 0 Å². The fraction of sp³-hybridized carbons (Fsp3) is 0.318. The fourth-order valence-electron chi connectivity index (χ4n) is 3.90. The van der Waals surface area contributed by atoms with Crippen molar-refractivity contribution < 1.29 is 9.59 Å². The van der Waals surface area contributed by atoms with Gasteiger partial charge in [0, 0.05) is 24.7 Å². The van der Waals surface area contributed by atoms with Crippen LogP contribution in [0.25, 0.3) is 22.5 Å². The molecule has 0 saturated heterocycles. The van der Waals surface area contributed by atoms with Gasteiger partial charge in [-0.1, -0.05) is 50.5 Å². The SMILES string of the molecule is CCCCCCn1c2nc(=O)n(C)c(=O)c-2cc2c1C(=O)C(=O)c1ccccc1-2. The maximum atomic E-state index is 13.0. The van der Waals surface area contributed by atoms with Crippen molar-refractivity contribution in [3.63, 3.8) is 0 Å². The molecule has 0 fully saturated rings. The average molecular weight is 391 g/mol. The number of rotatable bonds is 5. The van der Waals surface area contributed by atoms with Gasteiger partial charge in [0.25, 0.3) is 11.3 Å². The summed E-state index contributed by atoms with van der Waals surface area (Å²) in [5.74, 6) is -1.05. The first-order chi connectivity index (χ1) is 14.0. The average Bonchev–Trinajstić information content (AvgIpc) is 2.73. The second-order valence-corrected chi connectivity index (χ2v) is 7.32. The van der Waals surface area contributed by atoms with E-state index in [0.717, 1.165) is 30.3 Å². The van der Waals surface area contributed by atoms with E-state index >= 15 is 0 Å². The highest BCUT2D eigenvalue weighted by Gasteiger charge is 2.35. The monoisotopic (exact) mass is 391 g/mol. The van der Waals surface area contributed by atoms with Crippen molar-refractivity contribution >= 4 is 11.6 Å². The van der Waals surface area contributed by atoms with Gasteiger partial charge in [0.1, 0.15) is 5.69 Å². The van der Waals surface area contributed by atoms with Gasteiger partial charge in [-0.25, -0.2) is 4.79 Å². The van der Waals surface area contributed by atoms with Crippen LogP contribution < -0.4 is 11.2 Å². The largest absolute Gasteiger partial charge is 0.352 e. The number of hydrogen-bond acceptors (Lipinski definition) is 5. The Hall–Kier alpha value is -3.35. The molecule has 148 valence electrons. The van der Waals surface area contributed by atoms with Crippen molar-refractivity contribution in [1.29, 1.82) is 0 Å². The fourth-order valence-corrected chi connectivity index (χ4v) is 3.90. The molecule has 1 aromatic carbocycles. The minimum atomic E-state index is -0.681. The lowest BCUT2D eigenvalue weighted by molar-refractivity contribution is 0.0809. The van der Waals surface area contributed by atoms with Gasteiger partial charge in [-0.05, 0) is 18.1 Å². The highest BCUT2D eigenvalue weighted by molar-refractivity contribution is 6.52. The molecule has 1 aromatic rings. The lowest BCUT2D eigenvalue weighted by atomic mass is 9.85. The van der Waals surface area contributed by atoms with Crippen LogP contribution in [0, 0.1) is 0 Å². The van der Waals surface area contributed by atoms with E-state index < -0.39 is 22.8 Å². The van der Waals surface area contributed by atoms with Gasteiger partial charge < -0.3 is 4.57 Å². The molecule has 0 N–H and O–H groups in total. The Kier molecular flexibility index (Phi) is 4.74. The van der Waals surface area contributed by atoms with E-state index in [9.17, 15) is 19.2 Å². The summed E-state index contributed by atoms with van der Waals surface area (Å²) in [4.78, 5) is 54.8. The Balaban J connectivity index is 2.06. The number of carbonyl (C=O) groups is 2. The molecule has 4 rings (SSSR count). The molecule has 2 aliphatic heterocycles. The minimum Gasteiger partial charge on any atom is -0.322 e. The first-order valence-electron chi connectivity index (χ1n) is 9.78. The maximum Gasteiger partial charge on any atom is 0.352 e. The summed E-state index contributed by atoms with van der Waals surface area (Å²) in [7, 11) is 1.38. The molecule has 3 aliphatic rings. The van der Waals surface area contributed by atoms with Crippen molar-refractivity contribution in [3.8, 4) is 22.5 Å². The molecule has 0 radical (unpaired) electrons. The standard InChI is InChI=1S/C22H21N3O4/c1-3-4-5-8-11-25-17-15(12-16-20(25)23-22(29)24(2)21(16)28)13-9-6-7-10-14(13)18(26)19(17)27/h6-7,9-10,12H,3-5,8,11H2,1-2H3. The lowest BCUT2D eigenvalue weighted by Gasteiger charge is -2.25. The molecule has 0 spiro atoms. The Bertz CT molecular complexity index is 1240. The number of carbonyl (C=O) groups excluding carboxylic acids is 2. The third-order valence-corrected chi connectivity index (χ3v) is 5.45. The van der Waals surface area contributed by atoms with Gasteiger partial charge in [0.15, 0.2) is 5.82 Å². The summed E-state index contributed by atoms with van der Waals surface area (Å²) >= 11 is 0. The van der Waals surface area contributed by atoms with E-state index in [0.29, 0.717) is 23.2 Å². The summed E-state index contributed by atoms with van der Waals surface area (Å²) in [6, 6.07) is 8.47. The van der Waals surface area contributed by atoms with Crippen LogP contribution in [-0.2, 0) is 13.6 Å². The second kappa shape index (κ2) is 7.24. The zero-order chi connectivity index (χ0) is 20.7. The predicted octanol–water partition coefficient (Wildman–Crippen LogP) is 2.67. The molecule has 0 amide bonds. The highest BCUT2D eigenvalue weighted by Crippen LogP contribution is 2.36. The first kappa shape index (κ1) is 19.0. The van der Waals surface area contributed by atoms with Crippen LogP contribution in [0.3, 0.4) is 0 Å². The Morgan fingerprint density at radius 2 is 1.59 bits per heavy atom. The van der Waals surface area contributed by atoms with Crippen molar-refractivity contribution in [3.05, 3.63) is 62.4 Å². The van der Waals surface area contributed by atoms with E-state index in [1.165, 1.54) is 7.05 Å². The molecular formula is C22H21N3O4. The van der Waals surface area contributed by atoms with Crippen LogP contribution in [0.15, 0.2) is 39.9 Å². The van der Waals surface area contributed by atoms with Crippen LogP contribution in [0.4, 0.5) is 0 Å².